The normalized spacial score (nSPS) is 16.0. The van der Waals surface area contributed by atoms with Gasteiger partial charge in [-0.25, -0.2) is 27.1 Å². The predicted octanol–water partition coefficient (Wildman–Crippen LogP) is 0.410. The molecule has 2 rings (SSSR count). The minimum atomic E-state index is -4.03. The van der Waals surface area contributed by atoms with Crippen molar-refractivity contribution in [2.24, 2.45) is 0 Å². The van der Waals surface area contributed by atoms with E-state index in [1.807, 2.05) is 10.3 Å². The largest absolute Gasteiger partial charge is 0.449 e. The number of ether oxygens (including phenoxy) is 1. The van der Waals surface area contributed by atoms with Crippen molar-refractivity contribution in [3.8, 4) is 0 Å². The Bertz CT molecular complexity index is 784. The van der Waals surface area contributed by atoms with Gasteiger partial charge >= 0.3 is 6.09 Å². The van der Waals surface area contributed by atoms with Crippen LogP contribution in [0, 0.1) is 0 Å². The Hall–Kier alpha value is -1.69. The van der Waals surface area contributed by atoms with Crippen molar-refractivity contribution >= 4 is 26.1 Å². The van der Waals surface area contributed by atoms with Crippen molar-refractivity contribution in [1.29, 1.82) is 0 Å². The molecule has 1 aliphatic rings. The van der Waals surface area contributed by atoms with Crippen molar-refractivity contribution in [2.45, 2.75) is 29.6 Å². The first kappa shape index (κ1) is 18.6. The summed E-state index contributed by atoms with van der Waals surface area (Å²) in [5.41, 5.74) is 1.89. The van der Waals surface area contributed by atoms with E-state index in [-0.39, 0.29) is 16.4 Å². The summed E-state index contributed by atoms with van der Waals surface area (Å²) >= 11 is 0. The lowest BCUT2D eigenvalue weighted by Gasteiger charge is -2.15. The molecule has 9 nitrogen and oxygen atoms in total. The molecule has 2 N–H and O–H groups in total. The lowest BCUT2D eigenvalue weighted by Crippen LogP contribution is -2.41. The summed E-state index contributed by atoms with van der Waals surface area (Å²) in [4.78, 5) is 12.8. The van der Waals surface area contributed by atoms with Gasteiger partial charge in [0.15, 0.2) is 0 Å². The molecule has 1 fully saturated rings. The zero-order chi connectivity index (χ0) is 17.8. The van der Waals surface area contributed by atoms with Crippen LogP contribution in [0.25, 0.3) is 0 Å². The van der Waals surface area contributed by atoms with E-state index in [0.29, 0.717) is 13.1 Å². The Kier molecular flexibility index (Phi) is 5.80. The quantitative estimate of drug-likeness (QED) is 0.693. The summed E-state index contributed by atoms with van der Waals surface area (Å²) in [6, 6.07) is 4.79. The van der Waals surface area contributed by atoms with E-state index in [0.717, 1.165) is 25.0 Å². The molecule has 0 atom stereocenters. The van der Waals surface area contributed by atoms with Gasteiger partial charge in [0.05, 0.1) is 16.4 Å². The average Bonchev–Trinajstić information content (AvgIpc) is 3.09. The van der Waals surface area contributed by atoms with E-state index in [1.54, 1.807) is 6.92 Å². The molecule has 1 aromatic rings. The third-order valence-corrected chi connectivity index (χ3v) is 6.58. The number of hydrogen-bond acceptors (Lipinski definition) is 6. The summed E-state index contributed by atoms with van der Waals surface area (Å²) in [6.45, 7) is 2.60. The fourth-order valence-electron chi connectivity index (χ4n) is 2.20. The fraction of sp³-hybridized carbons (Fsp3) is 0.462. The SMILES string of the molecule is CCOC(=O)NNS(=O)(=O)c1ccc(S(=O)(=O)N2CCCC2)cc1. The molecule has 1 heterocycles. The molecule has 0 radical (unpaired) electrons. The van der Waals surface area contributed by atoms with E-state index < -0.39 is 26.1 Å². The van der Waals surface area contributed by atoms with Crippen LogP contribution in [-0.4, -0.2) is 46.9 Å². The van der Waals surface area contributed by atoms with E-state index in [4.69, 9.17) is 0 Å². The van der Waals surface area contributed by atoms with Crippen molar-refractivity contribution in [1.82, 2.24) is 14.6 Å². The molecule has 24 heavy (non-hydrogen) atoms. The molecule has 0 saturated carbocycles. The minimum absolute atomic E-state index is 0.0294. The number of nitrogens with zero attached hydrogens (tertiary/aromatic N) is 1. The Labute approximate surface area is 141 Å². The molecule has 134 valence electrons. The highest BCUT2D eigenvalue weighted by Crippen LogP contribution is 2.22. The first-order chi connectivity index (χ1) is 11.3. The maximum absolute atomic E-state index is 12.4. The lowest BCUT2D eigenvalue weighted by molar-refractivity contribution is 0.150. The fourth-order valence-corrected chi connectivity index (χ4v) is 4.55. The van der Waals surface area contributed by atoms with Crippen LogP contribution in [-0.2, 0) is 24.8 Å². The number of carbonyl (C=O) groups excluding carboxylic acids is 1. The molecule has 1 saturated heterocycles. The molecule has 0 aromatic heterocycles. The number of rotatable bonds is 6. The lowest BCUT2D eigenvalue weighted by atomic mass is 10.4. The van der Waals surface area contributed by atoms with Gasteiger partial charge in [-0.1, -0.05) is 0 Å². The predicted molar refractivity (Wildman–Crippen MR) is 84.9 cm³/mol. The van der Waals surface area contributed by atoms with Crippen LogP contribution in [0.4, 0.5) is 4.79 Å². The molecule has 0 bridgehead atoms. The van der Waals surface area contributed by atoms with Gasteiger partial charge < -0.3 is 4.74 Å². The Morgan fingerprint density at radius 2 is 1.62 bits per heavy atom. The summed E-state index contributed by atoms with van der Waals surface area (Å²) in [5, 5.41) is 0. The molecule has 0 aliphatic carbocycles. The smallest absolute Gasteiger partial charge is 0.422 e. The number of amides is 1. The second-order valence-electron chi connectivity index (χ2n) is 5.03. The summed E-state index contributed by atoms with van der Waals surface area (Å²) in [5.74, 6) is 0. The topological polar surface area (TPSA) is 122 Å². The van der Waals surface area contributed by atoms with Crippen LogP contribution in [0.2, 0.25) is 0 Å². The van der Waals surface area contributed by atoms with Gasteiger partial charge in [-0.15, -0.1) is 4.83 Å². The van der Waals surface area contributed by atoms with Crippen LogP contribution < -0.4 is 10.3 Å². The Balaban J connectivity index is 2.12. The highest BCUT2D eigenvalue weighted by Gasteiger charge is 2.27. The summed E-state index contributed by atoms with van der Waals surface area (Å²) in [6.07, 6.45) is 0.693. The van der Waals surface area contributed by atoms with Crippen LogP contribution in [0.5, 0.6) is 0 Å². The van der Waals surface area contributed by atoms with Gasteiger partial charge in [-0.05, 0) is 44.0 Å². The molecular weight excluding hydrogens is 358 g/mol. The van der Waals surface area contributed by atoms with Gasteiger partial charge in [-0.3, -0.25) is 0 Å². The van der Waals surface area contributed by atoms with Gasteiger partial charge in [0.1, 0.15) is 0 Å². The third kappa shape index (κ3) is 4.23. The van der Waals surface area contributed by atoms with Gasteiger partial charge in [0, 0.05) is 13.1 Å². The molecule has 11 heteroatoms. The first-order valence-corrected chi connectivity index (χ1v) is 10.2. The highest BCUT2D eigenvalue weighted by atomic mass is 32.2. The zero-order valence-electron chi connectivity index (χ0n) is 13.1. The maximum Gasteiger partial charge on any atom is 0.422 e. The number of carbonyl (C=O) groups is 1. The van der Waals surface area contributed by atoms with E-state index in [1.165, 1.54) is 16.4 Å². The number of sulfonamides is 2. The number of hydrogen-bond donors (Lipinski definition) is 2. The van der Waals surface area contributed by atoms with Crippen LogP contribution >= 0.6 is 0 Å². The molecule has 0 spiro atoms. The number of benzene rings is 1. The second kappa shape index (κ2) is 7.47. The van der Waals surface area contributed by atoms with Crippen LogP contribution in [0.3, 0.4) is 0 Å². The molecule has 1 aliphatic heterocycles. The van der Waals surface area contributed by atoms with E-state index in [9.17, 15) is 21.6 Å². The highest BCUT2D eigenvalue weighted by molar-refractivity contribution is 7.89. The third-order valence-electron chi connectivity index (χ3n) is 3.40. The van der Waals surface area contributed by atoms with Crippen molar-refractivity contribution in [3.63, 3.8) is 0 Å². The Morgan fingerprint density at radius 3 is 2.17 bits per heavy atom. The zero-order valence-corrected chi connectivity index (χ0v) is 14.7. The number of nitrogens with one attached hydrogen (secondary N) is 2. The van der Waals surface area contributed by atoms with Crippen LogP contribution in [0.1, 0.15) is 19.8 Å². The van der Waals surface area contributed by atoms with Crippen molar-refractivity contribution < 1.29 is 26.4 Å². The van der Waals surface area contributed by atoms with Gasteiger partial charge in [0.2, 0.25) is 10.0 Å². The first-order valence-electron chi connectivity index (χ1n) is 7.32. The minimum Gasteiger partial charge on any atom is -0.449 e. The second-order valence-corrected chi connectivity index (χ2v) is 8.65. The number of hydrazine groups is 1. The summed E-state index contributed by atoms with van der Waals surface area (Å²) in [7, 11) is -7.63. The monoisotopic (exact) mass is 377 g/mol. The van der Waals surface area contributed by atoms with E-state index >= 15 is 0 Å². The van der Waals surface area contributed by atoms with Crippen LogP contribution in [0.15, 0.2) is 34.1 Å². The standard InChI is InChI=1S/C13H19N3O6S2/c1-2-22-13(17)14-15-23(18,19)11-5-7-12(8-6-11)24(20,21)16-9-3-4-10-16/h5-8,15H,2-4,9-10H2,1H3,(H,14,17). The molecular formula is C13H19N3O6S2. The van der Waals surface area contributed by atoms with E-state index in [2.05, 4.69) is 4.74 Å². The average molecular weight is 377 g/mol. The van der Waals surface area contributed by atoms with Gasteiger partial charge in [-0.2, -0.15) is 4.31 Å². The maximum atomic E-state index is 12.4. The molecule has 0 unspecified atom stereocenters. The summed E-state index contributed by atoms with van der Waals surface area (Å²) < 4.78 is 54.7. The molecule has 1 aromatic carbocycles. The van der Waals surface area contributed by atoms with Crippen molar-refractivity contribution in [3.05, 3.63) is 24.3 Å². The Morgan fingerprint density at radius 1 is 1.08 bits per heavy atom. The molecule has 1 amide bonds. The van der Waals surface area contributed by atoms with Gasteiger partial charge in [0.25, 0.3) is 10.0 Å². The van der Waals surface area contributed by atoms with Crippen molar-refractivity contribution in [2.75, 3.05) is 19.7 Å².